The van der Waals surface area contributed by atoms with E-state index in [0.29, 0.717) is 0 Å². The SMILES string of the molecule is CC1=C(C2CCCCCCCCCCC2)P=P[N]1. The molecule has 0 N–H and O–H groups in total. The van der Waals surface area contributed by atoms with Crippen molar-refractivity contribution in [1.82, 2.24) is 5.09 Å². The lowest BCUT2D eigenvalue weighted by Gasteiger charge is -2.18. The Morgan fingerprint density at radius 2 is 1.33 bits per heavy atom. The summed E-state index contributed by atoms with van der Waals surface area (Å²) in [5.74, 6) is 0.852. The third-order valence-corrected chi connectivity index (χ3v) is 6.78. The van der Waals surface area contributed by atoms with Gasteiger partial charge in [0, 0.05) is 5.31 Å². The Hall–Kier alpha value is 0.140. The van der Waals surface area contributed by atoms with E-state index in [1.807, 2.05) is 0 Å². The van der Waals surface area contributed by atoms with Gasteiger partial charge in [0.1, 0.15) is 0 Å². The Morgan fingerprint density at radius 1 is 0.833 bits per heavy atom. The van der Waals surface area contributed by atoms with Crippen LogP contribution in [0.1, 0.15) is 77.6 Å². The molecule has 1 aliphatic heterocycles. The van der Waals surface area contributed by atoms with E-state index < -0.39 is 0 Å². The fourth-order valence-corrected chi connectivity index (χ4v) is 5.90. The molecular formula is C15H26NP2. The van der Waals surface area contributed by atoms with Gasteiger partial charge in [-0.1, -0.05) is 57.8 Å². The minimum Gasteiger partial charge on any atom is -0.227 e. The second-order valence-electron chi connectivity index (χ2n) is 5.72. The number of nitrogens with zero attached hydrogens (tertiary/aromatic N) is 1. The molecular weight excluding hydrogens is 256 g/mol. The Kier molecular flexibility index (Phi) is 6.74. The van der Waals surface area contributed by atoms with Gasteiger partial charge in [0.05, 0.1) is 13.7 Å². The first-order chi connectivity index (χ1) is 8.88. The quantitative estimate of drug-likeness (QED) is 0.489. The van der Waals surface area contributed by atoms with E-state index in [4.69, 9.17) is 0 Å². The molecule has 1 radical (unpaired) electrons. The summed E-state index contributed by atoms with van der Waals surface area (Å²) in [5.41, 5.74) is 1.36. The molecule has 0 amide bonds. The molecule has 1 heterocycles. The molecule has 2 aliphatic rings. The first-order valence-electron chi connectivity index (χ1n) is 7.70. The average molecular weight is 282 g/mol. The maximum absolute atomic E-state index is 4.56. The Balaban J connectivity index is 1.89. The van der Waals surface area contributed by atoms with E-state index in [1.54, 1.807) is 5.31 Å². The van der Waals surface area contributed by atoms with Crippen molar-refractivity contribution in [2.45, 2.75) is 77.6 Å². The van der Waals surface area contributed by atoms with Crippen LogP contribution in [0.25, 0.3) is 0 Å². The summed E-state index contributed by atoms with van der Waals surface area (Å²) in [6, 6.07) is 0. The van der Waals surface area contributed by atoms with E-state index in [2.05, 4.69) is 12.0 Å². The standard InChI is InChI=1S/C15H26NP2/c1-13-15(17-18-16-13)14-11-9-7-5-3-2-4-6-8-10-12-14/h14H,2-12H2,1H3. The van der Waals surface area contributed by atoms with E-state index in [-0.39, 0.29) is 0 Å². The summed E-state index contributed by atoms with van der Waals surface area (Å²) in [6.45, 7) is 2.22. The lowest BCUT2D eigenvalue weighted by molar-refractivity contribution is 0.444. The molecule has 1 saturated carbocycles. The average Bonchev–Trinajstić information content (AvgIpc) is 2.76. The molecule has 0 aromatic heterocycles. The van der Waals surface area contributed by atoms with Crippen molar-refractivity contribution in [2.24, 2.45) is 5.92 Å². The summed E-state index contributed by atoms with van der Waals surface area (Å²) >= 11 is 0. The Morgan fingerprint density at radius 3 is 1.78 bits per heavy atom. The summed E-state index contributed by atoms with van der Waals surface area (Å²) < 4.78 is 0. The van der Waals surface area contributed by atoms with Crippen LogP contribution < -0.4 is 5.09 Å². The molecule has 0 atom stereocenters. The molecule has 101 valence electrons. The maximum Gasteiger partial charge on any atom is 0.0699 e. The van der Waals surface area contributed by atoms with Crippen LogP contribution in [0.3, 0.4) is 0 Å². The molecule has 2 rings (SSSR count). The van der Waals surface area contributed by atoms with Crippen LogP contribution in [0.2, 0.25) is 0 Å². The lowest BCUT2D eigenvalue weighted by Crippen LogP contribution is -2.04. The molecule has 0 bridgehead atoms. The molecule has 1 fully saturated rings. The highest BCUT2D eigenvalue weighted by atomic mass is 31.7. The summed E-state index contributed by atoms with van der Waals surface area (Å²) in [4.78, 5) is 0. The fourth-order valence-electron chi connectivity index (χ4n) is 3.07. The van der Waals surface area contributed by atoms with Gasteiger partial charge in [-0.2, -0.15) is 0 Å². The second-order valence-corrected chi connectivity index (χ2v) is 7.91. The minimum absolute atomic E-state index is 0.852. The van der Waals surface area contributed by atoms with E-state index in [9.17, 15) is 0 Å². The van der Waals surface area contributed by atoms with Crippen molar-refractivity contribution in [3.05, 3.63) is 11.0 Å². The van der Waals surface area contributed by atoms with E-state index in [1.165, 1.54) is 92.2 Å². The monoisotopic (exact) mass is 282 g/mol. The third kappa shape index (κ3) is 4.67. The van der Waals surface area contributed by atoms with Crippen LogP contribution in [-0.2, 0) is 0 Å². The number of allylic oxidation sites excluding steroid dienone is 2. The van der Waals surface area contributed by atoms with Crippen LogP contribution in [0.5, 0.6) is 0 Å². The normalized spacial score (nSPS) is 26.3. The highest BCUT2D eigenvalue weighted by Gasteiger charge is 2.19. The highest BCUT2D eigenvalue weighted by molar-refractivity contribution is 7.85. The number of rotatable bonds is 1. The van der Waals surface area contributed by atoms with Crippen molar-refractivity contribution in [3.8, 4) is 0 Å². The van der Waals surface area contributed by atoms with Gasteiger partial charge in [0.2, 0.25) is 0 Å². The first kappa shape index (κ1) is 14.5. The van der Waals surface area contributed by atoms with Crippen molar-refractivity contribution in [3.63, 3.8) is 0 Å². The van der Waals surface area contributed by atoms with Gasteiger partial charge in [-0.15, -0.1) is 0 Å². The lowest BCUT2D eigenvalue weighted by atomic mass is 9.92. The van der Waals surface area contributed by atoms with Crippen LogP contribution in [0.15, 0.2) is 11.0 Å². The third-order valence-electron chi connectivity index (χ3n) is 4.21. The predicted molar refractivity (Wildman–Crippen MR) is 83.0 cm³/mol. The Labute approximate surface area is 116 Å². The molecule has 0 spiro atoms. The van der Waals surface area contributed by atoms with Gasteiger partial charge in [-0.05, 0) is 33.6 Å². The topological polar surface area (TPSA) is 14.1 Å². The van der Waals surface area contributed by atoms with Gasteiger partial charge in [-0.3, -0.25) is 0 Å². The predicted octanol–water partition coefficient (Wildman–Crippen LogP) is 6.48. The van der Waals surface area contributed by atoms with Gasteiger partial charge in [0.25, 0.3) is 0 Å². The van der Waals surface area contributed by atoms with Gasteiger partial charge >= 0.3 is 0 Å². The fraction of sp³-hybridized carbons (Fsp3) is 0.867. The molecule has 1 aliphatic carbocycles. The minimum atomic E-state index is 0.852. The van der Waals surface area contributed by atoms with Crippen LogP contribution in [-0.4, -0.2) is 0 Å². The molecule has 18 heavy (non-hydrogen) atoms. The van der Waals surface area contributed by atoms with Crippen molar-refractivity contribution < 1.29 is 0 Å². The Bertz CT molecular complexity index is 298. The van der Waals surface area contributed by atoms with Crippen molar-refractivity contribution in [2.75, 3.05) is 0 Å². The van der Waals surface area contributed by atoms with Crippen LogP contribution in [0.4, 0.5) is 0 Å². The summed E-state index contributed by atoms with van der Waals surface area (Å²) in [5, 5.41) is 6.24. The van der Waals surface area contributed by atoms with Crippen molar-refractivity contribution >= 4 is 15.9 Å². The zero-order valence-electron chi connectivity index (χ0n) is 11.7. The molecule has 0 saturated heterocycles. The summed E-state index contributed by atoms with van der Waals surface area (Å²) in [6.07, 6.45) is 16.0. The number of hydrogen-bond acceptors (Lipinski definition) is 0. The molecule has 0 unspecified atom stereocenters. The highest BCUT2D eigenvalue weighted by Crippen LogP contribution is 2.43. The number of hydrogen-bond donors (Lipinski definition) is 0. The van der Waals surface area contributed by atoms with Gasteiger partial charge < -0.3 is 0 Å². The van der Waals surface area contributed by atoms with Crippen molar-refractivity contribution in [1.29, 1.82) is 0 Å². The summed E-state index contributed by atoms with van der Waals surface area (Å²) in [7, 11) is 2.75. The van der Waals surface area contributed by atoms with E-state index in [0.717, 1.165) is 5.92 Å². The molecule has 0 aromatic rings. The second kappa shape index (κ2) is 8.34. The van der Waals surface area contributed by atoms with Crippen LogP contribution >= 0.6 is 15.9 Å². The van der Waals surface area contributed by atoms with Crippen LogP contribution in [0, 0.1) is 5.92 Å². The van der Waals surface area contributed by atoms with Gasteiger partial charge in [-0.25, -0.2) is 5.09 Å². The largest absolute Gasteiger partial charge is 0.227 e. The first-order valence-corrected chi connectivity index (χ1v) is 10.1. The smallest absolute Gasteiger partial charge is 0.0699 e. The molecule has 1 nitrogen and oxygen atoms in total. The molecule has 0 aromatic carbocycles. The maximum atomic E-state index is 4.56. The van der Waals surface area contributed by atoms with E-state index >= 15 is 0 Å². The van der Waals surface area contributed by atoms with Gasteiger partial charge in [0.15, 0.2) is 0 Å². The zero-order chi connectivity index (χ0) is 12.6. The zero-order valence-corrected chi connectivity index (χ0v) is 13.5. The molecule has 3 heteroatoms.